The summed E-state index contributed by atoms with van der Waals surface area (Å²) in [6, 6.07) is 9.05. The van der Waals surface area contributed by atoms with Crippen LogP contribution in [-0.2, 0) is 11.2 Å². The summed E-state index contributed by atoms with van der Waals surface area (Å²) >= 11 is 4.53. The van der Waals surface area contributed by atoms with E-state index in [0.29, 0.717) is 16.6 Å². The lowest BCUT2D eigenvalue weighted by Gasteiger charge is -2.00. The number of nitrogen functional groups attached to an aromatic ring is 1. The summed E-state index contributed by atoms with van der Waals surface area (Å²) in [5.74, 6) is 1.95. The molecule has 0 aliphatic carbocycles. The van der Waals surface area contributed by atoms with Crippen LogP contribution in [0.4, 0.5) is 10.9 Å². The number of hydrogen-bond donors (Lipinski definition) is 2. The topological polar surface area (TPSA) is 120 Å². The van der Waals surface area contributed by atoms with Gasteiger partial charge in [0.15, 0.2) is 4.34 Å². The van der Waals surface area contributed by atoms with Crippen LogP contribution in [0.5, 0.6) is 0 Å². The normalized spacial score (nSPS) is 10.6. The van der Waals surface area contributed by atoms with Crippen LogP contribution < -0.4 is 11.1 Å². The van der Waals surface area contributed by atoms with Crippen molar-refractivity contribution in [3.8, 4) is 0 Å². The zero-order valence-corrected chi connectivity index (χ0v) is 16.0. The largest absolute Gasteiger partial charge is 0.382 e. The lowest BCUT2D eigenvalue weighted by molar-refractivity contribution is -0.115. The number of nitrogens with two attached hydrogens (primary N) is 1. The van der Waals surface area contributed by atoms with Gasteiger partial charge in [-0.25, -0.2) is 0 Å². The maximum Gasteiger partial charge on any atom is 0.232 e. The molecule has 3 N–H and O–H groups in total. The molecule has 8 nitrogen and oxygen atoms in total. The van der Waals surface area contributed by atoms with Gasteiger partial charge in [-0.2, -0.15) is 0 Å². The predicted molar refractivity (Wildman–Crippen MR) is 104 cm³/mol. The van der Waals surface area contributed by atoms with Gasteiger partial charge < -0.3 is 11.1 Å². The van der Waals surface area contributed by atoms with E-state index in [9.17, 15) is 4.79 Å². The second-order valence-electron chi connectivity index (χ2n) is 4.91. The van der Waals surface area contributed by atoms with Gasteiger partial charge in [0.1, 0.15) is 10.8 Å². The van der Waals surface area contributed by atoms with Crippen molar-refractivity contribution in [1.82, 2.24) is 25.4 Å². The van der Waals surface area contributed by atoms with Gasteiger partial charge in [0.05, 0.1) is 6.42 Å². The first-order chi connectivity index (χ1) is 12.7. The van der Waals surface area contributed by atoms with Crippen LogP contribution in [0.25, 0.3) is 0 Å². The Morgan fingerprint density at radius 1 is 1.08 bits per heavy atom. The van der Waals surface area contributed by atoms with Gasteiger partial charge in [-0.3, -0.25) is 9.78 Å². The van der Waals surface area contributed by atoms with E-state index in [1.807, 2.05) is 24.3 Å². The number of hydrogen-bond acceptors (Lipinski definition) is 10. The molecular formula is C15H15N7OS3. The van der Waals surface area contributed by atoms with Gasteiger partial charge in [-0.15, -0.1) is 32.2 Å². The van der Waals surface area contributed by atoms with Crippen molar-refractivity contribution in [3.63, 3.8) is 0 Å². The minimum Gasteiger partial charge on any atom is -0.382 e. The summed E-state index contributed by atoms with van der Waals surface area (Å²) in [5, 5.41) is 20.0. The Kier molecular flexibility index (Phi) is 6.75. The number of aromatic nitrogens is 5. The third-order valence-corrected chi connectivity index (χ3v) is 6.09. The van der Waals surface area contributed by atoms with Crippen LogP contribution in [0.15, 0.2) is 45.9 Å². The molecule has 0 aliphatic rings. The third kappa shape index (κ3) is 5.93. The summed E-state index contributed by atoms with van der Waals surface area (Å²) < 4.78 is 0.808. The van der Waals surface area contributed by atoms with Crippen LogP contribution in [0.1, 0.15) is 5.69 Å². The number of thioether (sulfide) groups is 2. The molecule has 0 fully saturated rings. The van der Waals surface area contributed by atoms with Crippen LogP contribution in [0.2, 0.25) is 0 Å². The van der Waals surface area contributed by atoms with E-state index in [0.717, 1.165) is 20.9 Å². The number of nitrogens with one attached hydrogen (secondary N) is 1. The molecule has 3 aromatic rings. The van der Waals surface area contributed by atoms with E-state index in [2.05, 4.69) is 30.7 Å². The molecule has 1 amide bonds. The highest BCUT2D eigenvalue weighted by Gasteiger charge is 2.10. The Labute approximate surface area is 162 Å². The molecule has 0 spiro atoms. The first kappa shape index (κ1) is 18.5. The second-order valence-corrected chi connectivity index (χ2v) is 8.35. The fourth-order valence-electron chi connectivity index (χ4n) is 1.83. The third-order valence-electron chi connectivity index (χ3n) is 2.94. The zero-order chi connectivity index (χ0) is 18.2. The number of anilines is 2. The van der Waals surface area contributed by atoms with E-state index >= 15 is 0 Å². The average Bonchev–Trinajstić information content (AvgIpc) is 3.08. The van der Waals surface area contributed by atoms with E-state index in [4.69, 9.17) is 5.73 Å². The molecule has 0 saturated heterocycles. The Morgan fingerprint density at radius 2 is 1.96 bits per heavy atom. The highest BCUT2D eigenvalue weighted by molar-refractivity contribution is 8.03. The minimum atomic E-state index is -0.158. The Bertz CT molecular complexity index is 842. The van der Waals surface area contributed by atoms with Crippen LogP contribution in [0, 0.1) is 0 Å². The maximum absolute atomic E-state index is 12.0. The molecule has 0 radical (unpaired) electrons. The van der Waals surface area contributed by atoms with Gasteiger partial charge in [0.25, 0.3) is 0 Å². The van der Waals surface area contributed by atoms with Crippen molar-refractivity contribution in [2.45, 2.75) is 15.8 Å². The number of nitrogens with zero attached hydrogens (tertiary/aromatic N) is 5. The van der Waals surface area contributed by atoms with E-state index in [1.165, 1.54) is 11.3 Å². The molecule has 0 atom stereocenters. The molecule has 3 aromatic heterocycles. The molecular weight excluding hydrogens is 390 g/mol. The van der Waals surface area contributed by atoms with Crippen LogP contribution in [-0.4, -0.2) is 42.8 Å². The molecule has 3 rings (SSSR count). The summed E-state index contributed by atoms with van der Waals surface area (Å²) in [6.45, 7) is 0. The molecule has 0 unspecified atom stereocenters. The number of pyridine rings is 1. The van der Waals surface area contributed by atoms with Gasteiger partial charge >= 0.3 is 0 Å². The lowest BCUT2D eigenvalue weighted by Crippen LogP contribution is -2.14. The molecule has 3 heterocycles. The molecule has 11 heteroatoms. The zero-order valence-electron chi connectivity index (χ0n) is 13.5. The van der Waals surface area contributed by atoms with Crippen molar-refractivity contribution in [2.24, 2.45) is 0 Å². The highest BCUT2D eigenvalue weighted by Crippen LogP contribution is 2.27. The molecule has 0 aromatic carbocycles. The molecule has 0 bridgehead atoms. The SMILES string of the molecule is Nc1ccc(SCCSc2nnc(NC(=O)Cc3ccccn3)s2)nn1. The van der Waals surface area contributed by atoms with Gasteiger partial charge in [-0.05, 0) is 24.3 Å². The van der Waals surface area contributed by atoms with Gasteiger partial charge in [-0.1, -0.05) is 29.2 Å². The second kappa shape index (κ2) is 9.46. The summed E-state index contributed by atoms with van der Waals surface area (Å²) in [6.07, 6.45) is 1.87. The van der Waals surface area contributed by atoms with Gasteiger partial charge in [0, 0.05) is 23.4 Å². The van der Waals surface area contributed by atoms with Crippen molar-refractivity contribution in [3.05, 3.63) is 42.2 Å². The first-order valence-corrected chi connectivity index (χ1v) is 10.4. The summed E-state index contributed by atoms with van der Waals surface area (Å²) in [7, 11) is 0. The monoisotopic (exact) mass is 405 g/mol. The van der Waals surface area contributed by atoms with Crippen LogP contribution in [0.3, 0.4) is 0 Å². The first-order valence-electron chi connectivity index (χ1n) is 7.57. The fourth-order valence-corrected chi connectivity index (χ4v) is 4.46. The van der Waals surface area contributed by atoms with E-state index < -0.39 is 0 Å². The van der Waals surface area contributed by atoms with Crippen molar-refractivity contribution in [1.29, 1.82) is 0 Å². The number of carbonyl (C=O) groups excluding carboxylic acids is 1. The number of amides is 1. The Morgan fingerprint density at radius 3 is 2.73 bits per heavy atom. The lowest BCUT2D eigenvalue weighted by atomic mass is 10.2. The Balaban J connectivity index is 1.40. The molecule has 0 aliphatic heterocycles. The molecule has 134 valence electrons. The standard InChI is InChI=1S/C15H15N7OS3/c16-11-4-5-13(20-19-11)24-7-8-25-15-22-21-14(26-15)18-12(23)9-10-3-1-2-6-17-10/h1-6H,7-9H2,(H2,16,19)(H,18,21,23). The van der Waals surface area contributed by atoms with Gasteiger partial charge in [0.2, 0.25) is 11.0 Å². The summed E-state index contributed by atoms with van der Waals surface area (Å²) in [5.41, 5.74) is 6.22. The number of rotatable bonds is 8. The quantitative estimate of drug-likeness (QED) is 0.330. The average molecular weight is 406 g/mol. The molecule has 26 heavy (non-hydrogen) atoms. The molecule has 0 saturated carbocycles. The Hall–Kier alpha value is -2.24. The highest BCUT2D eigenvalue weighted by atomic mass is 32.2. The fraction of sp³-hybridized carbons (Fsp3) is 0.200. The number of carbonyl (C=O) groups is 1. The summed E-state index contributed by atoms with van der Waals surface area (Å²) in [4.78, 5) is 16.1. The maximum atomic E-state index is 12.0. The van der Waals surface area contributed by atoms with E-state index in [-0.39, 0.29) is 12.3 Å². The van der Waals surface area contributed by atoms with Crippen molar-refractivity contribution < 1.29 is 4.79 Å². The predicted octanol–water partition coefficient (Wildman–Crippen LogP) is 2.37. The van der Waals surface area contributed by atoms with Crippen LogP contribution >= 0.6 is 34.9 Å². The minimum absolute atomic E-state index is 0.158. The smallest absolute Gasteiger partial charge is 0.232 e. The van der Waals surface area contributed by atoms with Crippen molar-refractivity contribution >= 4 is 51.7 Å². The van der Waals surface area contributed by atoms with Crippen molar-refractivity contribution in [2.75, 3.05) is 22.6 Å². The van der Waals surface area contributed by atoms with E-state index in [1.54, 1.807) is 35.8 Å².